The summed E-state index contributed by atoms with van der Waals surface area (Å²) in [7, 11) is 0. The minimum Gasteiger partial charge on any atom is -0.491 e. The summed E-state index contributed by atoms with van der Waals surface area (Å²) in [5.74, 6) is 0.805. The molecule has 1 aromatic heterocycles. The number of ether oxygens (including phenoxy) is 1. The molecule has 0 atom stereocenters. The second-order valence-electron chi connectivity index (χ2n) is 9.40. The first-order chi connectivity index (χ1) is 17.6. The smallest absolute Gasteiger partial charge is 0.330 e. The van der Waals surface area contributed by atoms with Crippen molar-refractivity contribution in [3.8, 4) is 5.75 Å². The second kappa shape index (κ2) is 12.3. The molecule has 1 saturated carbocycles. The summed E-state index contributed by atoms with van der Waals surface area (Å²) in [6.45, 7) is 10.7. The lowest BCUT2D eigenvalue weighted by Crippen LogP contribution is -2.52. The molecule has 1 aliphatic heterocycles. The van der Waals surface area contributed by atoms with Gasteiger partial charge >= 0.3 is 6.03 Å². The van der Waals surface area contributed by atoms with Crippen LogP contribution in [0.25, 0.3) is 0 Å². The van der Waals surface area contributed by atoms with Crippen LogP contribution in [0.2, 0.25) is 0 Å². The quantitative estimate of drug-likeness (QED) is 0.393. The lowest BCUT2D eigenvalue weighted by molar-refractivity contribution is 0.247. The van der Waals surface area contributed by atoms with E-state index in [1.54, 1.807) is 29.3 Å². The van der Waals surface area contributed by atoms with Crippen molar-refractivity contribution in [1.82, 2.24) is 14.9 Å². The van der Waals surface area contributed by atoms with Crippen LogP contribution in [-0.2, 0) is 6.54 Å². The number of aromatic nitrogens is 2. The summed E-state index contributed by atoms with van der Waals surface area (Å²) in [5.41, 5.74) is 1.03. The monoisotopic (exact) mass is 498 g/mol. The molecule has 1 aliphatic carbocycles. The van der Waals surface area contributed by atoms with Gasteiger partial charge in [-0.25, -0.2) is 14.2 Å². The second-order valence-corrected chi connectivity index (χ2v) is 9.40. The van der Waals surface area contributed by atoms with Crippen molar-refractivity contribution in [2.24, 2.45) is 0 Å². The van der Waals surface area contributed by atoms with Crippen LogP contribution in [0.15, 0.2) is 24.4 Å². The van der Waals surface area contributed by atoms with Crippen molar-refractivity contribution in [2.75, 3.05) is 47.9 Å². The summed E-state index contributed by atoms with van der Waals surface area (Å²) in [6, 6.07) is 4.74. The standard InChI is InChI=1S/C27H39FN6O2/c1-4-32(5-2)17-10-9-16-29-26-30-18-20-19-33(22-14-11-15-23(24(22)28)36-6-3)27(35)34(25(20)31-26)21-12-7-8-13-21/h11,14-15,18,21H,4-10,12-13,16-17,19H2,1-3H3,(H,29,30,31). The molecule has 2 aliphatic rings. The SMILES string of the molecule is CCOc1cccc(N2Cc3cnc(NCCCCN(CC)CC)nc3N(C3CCCC3)C2=O)c1F. The number of carbonyl (C=O) groups excluding carboxylic acids is 1. The zero-order chi connectivity index (χ0) is 25.5. The molecule has 8 nitrogen and oxygen atoms in total. The van der Waals surface area contributed by atoms with E-state index < -0.39 is 5.82 Å². The van der Waals surface area contributed by atoms with Crippen LogP contribution < -0.4 is 19.9 Å². The maximum Gasteiger partial charge on any atom is 0.330 e. The highest BCUT2D eigenvalue weighted by molar-refractivity contribution is 6.06. The molecule has 2 amide bonds. The Labute approximate surface area is 213 Å². The minimum absolute atomic E-state index is 0.0500. The number of anilines is 3. The molecule has 36 heavy (non-hydrogen) atoms. The van der Waals surface area contributed by atoms with E-state index in [4.69, 9.17) is 9.72 Å². The number of fused-ring (bicyclic) bond motifs is 1. The Morgan fingerprint density at radius 3 is 2.67 bits per heavy atom. The van der Waals surface area contributed by atoms with E-state index in [0.717, 1.165) is 70.3 Å². The van der Waals surface area contributed by atoms with E-state index in [2.05, 4.69) is 29.0 Å². The number of nitrogens with one attached hydrogen (secondary N) is 1. The largest absolute Gasteiger partial charge is 0.491 e. The van der Waals surface area contributed by atoms with E-state index in [1.165, 1.54) is 4.90 Å². The first kappa shape index (κ1) is 26.1. The molecule has 1 aromatic carbocycles. The number of urea groups is 1. The molecular weight excluding hydrogens is 459 g/mol. The Kier molecular flexibility index (Phi) is 8.96. The van der Waals surface area contributed by atoms with Crippen molar-refractivity contribution < 1.29 is 13.9 Å². The molecule has 0 bridgehead atoms. The summed E-state index contributed by atoms with van der Waals surface area (Å²) in [5, 5.41) is 3.34. The van der Waals surface area contributed by atoms with Crippen LogP contribution >= 0.6 is 0 Å². The van der Waals surface area contributed by atoms with Gasteiger partial charge in [-0.05, 0) is 64.4 Å². The highest BCUT2D eigenvalue weighted by atomic mass is 19.1. The molecule has 0 saturated heterocycles. The average Bonchev–Trinajstić information content (AvgIpc) is 3.42. The molecular formula is C27H39FN6O2. The van der Waals surface area contributed by atoms with E-state index in [-0.39, 0.29) is 30.1 Å². The predicted molar refractivity (Wildman–Crippen MR) is 141 cm³/mol. The normalized spacial score (nSPS) is 16.1. The topological polar surface area (TPSA) is 73.8 Å². The predicted octanol–water partition coefficient (Wildman–Crippen LogP) is 5.44. The Balaban J connectivity index is 1.54. The molecule has 4 rings (SSSR count). The Hall–Kier alpha value is -2.94. The number of benzene rings is 1. The molecule has 1 fully saturated rings. The zero-order valence-corrected chi connectivity index (χ0v) is 21.8. The van der Waals surface area contributed by atoms with E-state index in [0.29, 0.717) is 18.4 Å². The Morgan fingerprint density at radius 2 is 1.94 bits per heavy atom. The van der Waals surface area contributed by atoms with E-state index in [9.17, 15) is 4.79 Å². The number of rotatable bonds is 12. The van der Waals surface area contributed by atoms with Crippen LogP contribution in [0, 0.1) is 5.82 Å². The summed E-state index contributed by atoms with van der Waals surface area (Å²) >= 11 is 0. The minimum atomic E-state index is -0.522. The fourth-order valence-corrected chi connectivity index (χ4v) is 5.12. The van der Waals surface area contributed by atoms with E-state index >= 15 is 4.39 Å². The summed E-state index contributed by atoms with van der Waals surface area (Å²) < 4.78 is 20.7. The average molecular weight is 499 g/mol. The van der Waals surface area contributed by atoms with Gasteiger partial charge in [-0.3, -0.25) is 9.80 Å². The molecule has 0 unspecified atom stereocenters. The van der Waals surface area contributed by atoms with Crippen LogP contribution in [0.3, 0.4) is 0 Å². The summed E-state index contributed by atoms with van der Waals surface area (Å²) in [4.78, 5) is 28.8. The van der Waals surface area contributed by atoms with Crippen LogP contribution in [0.1, 0.15) is 64.9 Å². The molecule has 9 heteroatoms. The lowest BCUT2D eigenvalue weighted by Gasteiger charge is -2.39. The van der Waals surface area contributed by atoms with Gasteiger partial charge < -0.3 is 15.0 Å². The maximum atomic E-state index is 15.3. The van der Waals surface area contributed by atoms with Gasteiger partial charge in [0.25, 0.3) is 0 Å². The number of hydrogen-bond acceptors (Lipinski definition) is 6. The van der Waals surface area contributed by atoms with Crippen molar-refractivity contribution >= 4 is 23.5 Å². The van der Waals surface area contributed by atoms with Crippen LogP contribution in [-0.4, -0.2) is 59.7 Å². The number of hydrogen-bond donors (Lipinski definition) is 1. The number of halogens is 1. The number of amides is 2. The van der Waals surface area contributed by atoms with Gasteiger partial charge in [-0.1, -0.05) is 32.8 Å². The fourth-order valence-electron chi connectivity index (χ4n) is 5.12. The highest BCUT2D eigenvalue weighted by Gasteiger charge is 2.39. The molecule has 1 N–H and O–H groups in total. The van der Waals surface area contributed by atoms with Gasteiger partial charge in [0.15, 0.2) is 11.6 Å². The van der Waals surface area contributed by atoms with Crippen molar-refractivity contribution in [3.05, 3.63) is 35.8 Å². The van der Waals surface area contributed by atoms with Crippen LogP contribution in [0.5, 0.6) is 5.75 Å². The number of nitrogens with zero attached hydrogens (tertiary/aromatic N) is 5. The van der Waals surface area contributed by atoms with Gasteiger partial charge in [-0.2, -0.15) is 4.98 Å². The van der Waals surface area contributed by atoms with Gasteiger partial charge in [0, 0.05) is 24.3 Å². The van der Waals surface area contributed by atoms with Crippen LogP contribution in [0.4, 0.5) is 26.6 Å². The van der Waals surface area contributed by atoms with Gasteiger partial charge in [0.05, 0.1) is 18.8 Å². The third kappa shape index (κ3) is 5.72. The molecule has 2 heterocycles. The first-order valence-electron chi connectivity index (χ1n) is 13.4. The lowest BCUT2D eigenvalue weighted by atomic mass is 10.1. The Morgan fingerprint density at radius 1 is 1.17 bits per heavy atom. The maximum absolute atomic E-state index is 15.3. The third-order valence-electron chi connectivity index (χ3n) is 7.14. The number of carbonyl (C=O) groups is 1. The molecule has 2 aromatic rings. The molecule has 0 spiro atoms. The van der Waals surface area contributed by atoms with Gasteiger partial charge in [0.1, 0.15) is 5.82 Å². The van der Waals surface area contributed by atoms with Gasteiger partial charge in [-0.15, -0.1) is 0 Å². The fraction of sp³-hybridized carbons (Fsp3) is 0.593. The third-order valence-corrected chi connectivity index (χ3v) is 7.14. The van der Waals surface area contributed by atoms with Crippen molar-refractivity contribution in [3.63, 3.8) is 0 Å². The first-order valence-corrected chi connectivity index (χ1v) is 13.4. The number of unbranched alkanes of at least 4 members (excludes halogenated alkanes) is 1. The Bertz CT molecular complexity index is 1030. The molecule has 0 radical (unpaired) electrons. The van der Waals surface area contributed by atoms with Crippen molar-refractivity contribution in [2.45, 2.75) is 71.9 Å². The van der Waals surface area contributed by atoms with Gasteiger partial charge in [0.2, 0.25) is 5.95 Å². The van der Waals surface area contributed by atoms with Crippen molar-refractivity contribution in [1.29, 1.82) is 0 Å². The summed E-state index contributed by atoms with van der Waals surface area (Å²) in [6.07, 6.45) is 7.87. The van der Waals surface area contributed by atoms with E-state index in [1.807, 2.05) is 6.92 Å². The molecule has 196 valence electrons. The zero-order valence-electron chi connectivity index (χ0n) is 21.8. The highest BCUT2D eigenvalue weighted by Crippen LogP contribution is 2.38.